The molecule has 3 rings (SSSR count). The molecule has 162 valence electrons. The molecule has 30 heavy (non-hydrogen) atoms. The number of imide groups is 1. The number of rotatable bonds is 8. The number of piperidine rings is 1. The number of carbonyl (C=O) groups excluding carboxylic acids is 2. The highest BCUT2D eigenvalue weighted by atomic mass is 32.2. The van der Waals surface area contributed by atoms with E-state index in [9.17, 15) is 22.8 Å². The minimum atomic E-state index is -3.89. The Morgan fingerprint density at radius 2 is 1.97 bits per heavy atom. The fourth-order valence-corrected chi connectivity index (χ4v) is 4.63. The molecule has 0 bridgehead atoms. The van der Waals surface area contributed by atoms with Crippen LogP contribution >= 0.6 is 0 Å². The van der Waals surface area contributed by atoms with Gasteiger partial charge >= 0.3 is 10.1 Å². The predicted molar refractivity (Wildman–Crippen MR) is 111 cm³/mol. The van der Waals surface area contributed by atoms with Crippen LogP contribution in [0.2, 0.25) is 0 Å². The van der Waals surface area contributed by atoms with E-state index < -0.39 is 33.5 Å². The van der Waals surface area contributed by atoms with Crippen LogP contribution in [-0.4, -0.2) is 35.5 Å². The second-order valence-corrected chi connectivity index (χ2v) is 9.05. The zero-order valence-electron chi connectivity index (χ0n) is 17.0. The largest absolute Gasteiger partial charge is 0.381 e. The average Bonchev–Trinajstić information content (AvgIpc) is 2.66. The lowest BCUT2D eigenvalue weighted by Gasteiger charge is -2.24. The van der Waals surface area contributed by atoms with Crippen molar-refractivity contribution in [2.45, 2.75) is 58.4 Å². The summed E-state index contributed by atoms with van der Waals surface area (Å²) in [6.45, 7) is 3.62. The van der Waals surface area contributed by atoms with Crippen molar-refractivity contribution in [2.24, 2.45) is 0 Å². The fourth-order valence-electron chi connectivity index (χ4n) is 3.57. The minimum absolute atomic E-state index is 0.00932. The molecule has 0 saturated carbocycles. The van der Waals surface area contributed by atoms with Crippen molar-refractivity contribution >= 4 is 32.8 Å². The fraction of sp³-hybridized carbons (Fsp3) is 0.500. The normalized spacial score (nSPS) is 17.2. The Labute approximate surface area is 174 Å². The Balaban J connectivity index is 2.00. The Bertz CT molecular complexity index is 1140. The van der Waals surface area contributed by atoms with Gasteiger partial charge in [-0.15, -0.1) is 0 Å². The number of nitrogens with one attached hydrogen (secondary N) is 1. The zero-order valence-corrected chi connectivity index (χ0v) is 17.8. The third kappa shape index (κ3) is 4.69. The molecule has 1 aromatic heterocycles. The van der Waals surface area contributed by atoms with Crippen molar-refractivity contribution < 1.29 is 22.2 Å². The molecule has 1 N–H and O–H groups in total. The van der Waals surface area contributed by atoms with Crippen molar-refractivity contribution in [3.05, 3.63) is 34.4 Å². The van der Waals surface area contributed by atoms with E-state index in [4.69, 9.17) is 4.18 Å². The van der Waals surface area contributed by atoms with E-state index in [0.29, 0.717) is 12.2 Å². The molecule has 2 amide bonds. The quantitative estimate of drug-likeness (QED) is 0.382. The topological polar surface area (TPSA) is 124 Å². The molecule has 1 fully saturated rings. The van der Waals surface area contributed by atoms with Crippen molar-refractivity contribution in [2.75, 3.05) is 5.75 Å². The number of unbranched alkanes of at least 4 members (excludes halogenated alkanes) is 3. The van der Waals surface area contributed by atoms with Crippen LogP contribution in [0.3, 0.4) is 0 Å². The maximum absolute atomic E-state index is 13.3. The van der Waals surface area contributed by atoms with Crippen LogP contribution in [0.5, 0.6) is 5.75 Å². The molecule has 2 aromatic rings. The van der Waals surface area contributed by atoms with E-state index in [1.807, 2.05) is 6.92 Å². The van der Waals surface area contributed by atoms with Gasteiger partial charge in [0.25, 0.3) is 5.56 Å². The Morgan fingerprint density at radius 3 is 2.67 bits per heavy atom. The van der Waals surface area contributed by atoms with Crippen LogP contribution in [0.25, 0.3) is 10.9 Å². The number of carbonyl (C=O) groups is 2. The molecular formula is C20H25N3O6S. The molecule has 10 heteroatoms. The molecule has 0 spiro atoms. The van der Waals surface area contributed by atoms with E-state index in [1.165, 1.54) is 10.6 Å². The number of aryl methyl sites for hydroxylation is 1. The molecule has 1 aromatic carbocycles. The maximum atomic E-state index is 13.3. The van der Waals surface area contributed by atoms with Gasteiger partial charge in [-0.25, -0.2) is 4.98 Å². The summed E-state index contributed by atoms with van der Waals surface area (Å²) < 4.78 is 31.3. The molecule has 9 nitrogen and oxygen atoms in total. The SMILES string of the molecule is CCCCCCS(=O)(=O)Oc1cccc2nc(C)n(C3CCC(=O)NC3=O)c(=O)c12. The lowest BCUT2D eigenvalue weighted by atomic mass is 10.1. The standard InChI is InChI=1S/C20H25N3O6S/c1-3-4-5-6-12-30(27,28)29-16-9-7-8-14-18(16)20(26)23(13(2)21-14)15-10-11-17(24)22-19(15)25/h7-9,15H,3-6,10-12H2,1-2H3,(H,22,24,25). The van der Waals surface area contributed by atoms with Crippen LogP contribution in [0.15, 0.2) is 23.0 Å². The molecule has 1 aliphatic heterocycles. The van der Waals surface area contributed by atoms with Crippen LogP contribution < -0.4 is 15.1 Å². The Kier molecular flexibility index (Phi) is 6.55. The van der Waals surface area contributed by atoms with Gasteiger partial charge in [-0.2, -0.15) is 8.42 Å². The van der Waals surface area contributed by atoms with Gasteiger partial charge in [0.05, 0.1) is 11.3 Å². The summed E-state index contributed by atoms with van der Waals surface area (Å²) in [5.74, 6) is -0.944. The van der Waals surface area contributed by atoms with Crippen molar-refractivity contribution in [1.82, 2.24) is 14.9 Å². The molecule has 1 unspecified atom stereocenters. The molecule has 0 aliphatic carbocycles. The van der Waals surface area contributed by atoms with Crippen LogP contribution in [-0.2, 0) is 19.7 Å². The van der Waals surface area contributed by atoms with Crippen LogP contribution in [0.1, 0.15) is 57.3 Å². The maximum Gasteiger partial charge on any atom is 0.309 e. The number of benzene rings is 1. The number of nitrogens with zero attached hydrogens (tertiary/aromatic N) is 2. The van der Waals surface area contributed by atoms with Gasteiger partial charge < -0.3 is 4.18 Å². The predicted octanol–water partition coefficient (Wildman–Crippen LogP) is 1.97. The molecule has 2 heterocycles. The number of amides is 2. The highest BCUT2D eigenvalue weighted by molar-refractivity contribution is 7.87. The lowest BCUT2D eigenvalue weighted by molar-refractivity contribution is -0.135. The van der Waals surface area contributed by atoms with E-state index in [0.717, 1.165) is 19.3 Å². The van der Waals surface area contributed by atoms with Crippen molar-refractivity contribution in [3.8, 4) is 5.75 Å². The Hall–Kier alpha value is -2.75. The van der Waals surface area contributed by atoms with Gasteiger partial charge in [-0.3, -0.25) is 24.3 Å². The smallest absolute Gasteiger partial charge is 0.309 e. The summed E-state index contributed by atoms with van der Waals surface area (Å²) in [6, 6.07) is 3.65. The van der Waals surface area contributed by atoms with E-state index in [1.54, 1.807) is 19.1 Å². The van der Waals surface area contributed by atoms with Gasteiger partial charge in [0.2, 0.25) is 11.8 Å². The zero-order chi connectivity index (χ0) is 21.9. The molecule has 1 aliphatic rings. The van der Waals surface area contributed by atoms with Crippen molar-refractivity contribution in [1.29, 1.82) is 0 Å². The number of hydrogen-bond donors (Lipinski definition) is 1. The molecule has 1 atom stereocenters. The number of aromatic nitrogens is 2. The lowest BCUT2D eigenvalue weighted by Crippen LogP contribution is -2.45. The van der Waals surface area contributed by atoms with Crippen LogP contribution in [0, 0.1) is 6.92 Å². The molecular weight excluding hydrogens is 410 g/mol. The van der Waals surface area contributed by atoms with Gasteiger partial charge in [0, 0.05) is 6.42 Å². The second-order valence-electron chi connectivity index (χ2n) is 7.36. The van der Waals surface area contributed by atoms with Gasteiger partial charge in [0.1, 0.15) is 17.3 Å². The average molecular weight is 436 g/mol. The summed E-state index contributed by atoms with van der Waals surface area (Å²) in [7, 11) is -3.89. The molecule has 0 radical (unpaired) electrons. The van der Waals surface area contributed by atoms with Gasteiger partial charge in [-0.1, -0.05) is 32.3 Å². The third-order valence-corrected chi connectivity index (χ3v) is 6.28. The van der Waals surface area contributed by atoms with Gasteiger partial charge in [-0.05, 0) is 31.9 Å². The highest BCUT2D eigenvalue weighted by Crippen LogP contribution is 2.26. The van der Waals surface area contributed by atoms with E-state index in [2.05, 4.69) is 10.3 Å². The minimum Gasteiger partial charge on any atom is -0.381 e. The highest BCUT2D eigenvalue weighted by Gasteiger charge is 2.31. The Morgan fingerprint density at radius 1 is 1.20 bits per heavy atom. The number of hydrogen-bond acceptors (Lipinski definition) is 7. The van der Waals surface area contributed by atoms with E-state index in [-0.39, 0.29) is 35.2 Å². The molecule has 1 saturated heterocycles. The first-order valence-corrected chi connectivity index (χ1v) is 11.6. The summed E-state index contributed by atoms with van der Waals surface area (Å²) in [5, 5.41) is 2.21. The van der Waals surface area contributed by atoms with Crippen LogP contribution in [0.4, 0.5) is 0 Å². The first-order chi connectivity index (χ1) is 14.2. The summed E-state index contributed by atoms with van der Waals surface area (Å²) >= 11 is 0. The summed E-state index contributed by atoms with van der Waals surface area (Å²) in [6.07, 6.45) is 3.43. The van der Waals surface area contributed by atoms with Gasteiger partial charge in [0.15, 0.2) is 5.75 Å². The first-order valence-electron chi connectivity index (χ1n) is 10.0. The van der Waals surface area contributed by atoms with Crippen molar-refractivity contribution in [3.63, 3.8) is 0 Å². The summed E-state index contributed by atoms with van der Waals surface area (Å²) in [5.41, 5.74) is -0.302. The monoisotopic (exact) mass is 435 g/mol. The first kappa shape index (κ1) is 21.9. The number of fused-ring (bicyclic) bond motifs is 1. The second kappa shape index (κ2) is 8.95. The van der Waals surface area contributed by atoms with E-state index >= 15 is 0 Å². The summed E-state index contributed by atoms with van der Waals surface area (Å²) in [4.78, 5) is 41.4. The third-order valence-electron chi connectivity index (χ3n) is 5.05.